The van der Waals surface area contributed by atoms with E-state index in [9.17, 15) is 0 Å². The summed E-state index contributed by atoms with van der Waals surface area (Å²) in [6.07, 6.45) is 3.54. The second kappa shape index (κ2) is 19.6. The molecule has 4 nitrogen and oxygen atoms in total. The first kappa shape index (κ1) is 31.8. The molecule has 0 spiro atoms. The molecule has 4 aromatic carbocycles. The quantitative estimate of drug-likeness (QED) is 0.119. The maximum absolute atomic E-state index is 5.14. The van der Waals surface area contributed by atoms with Crippen molar-refractivity contribution in [3.8, 4) is 0 Å². The van der Waals surface area contributed by atoms with Crippen LogP contribution in [-0.4, -0.2) is 13.2 Å². The molecule has 0 aliphatic heterocycles. The van der Waals surface area contributed by atoms with Crippen LogP contribution < -0.4 is 0 Å². The van der Waals surface area contributed by atoms with E-state index in [1.165, 1.54) is 0 Å². The molecule has 0 aromatic heterocycles. The zero-order chi connectivity index (χ0) is 26.7. The molecule has 4 aromatic rings. The number of benzene rings is 4. The van der Waals surface area contributed by atoms with E-state index >= 15 is 0 Å². The summed E-state index contributed by atoms with van der Waals surface area (Å²) < 4.78 is 10.3. The van der Waals surface area contributed by atoms with E-state index in [0.29, 0.717) is 13.2 Å². The van der Waals surface area contributed by atoms with Crippen molar-refractivity contribution in [3.05, 3.63) is 168 Å². The zero-order valence-corrected chi connectivity index (χ0v) is 23.7. The Bertz CT molecular complexity index is 1120. The number of hydrogen-bond acceptors (Lipinski definition) is 2. The Balaban J connectivity index is 0.000000267. The minimum absolute atomic E-state index is 0. The topological polar surface area (TPSA) is 46.7 Å². The van der Waals surface area contributed by atoms with Gasteiger partial charge in [0.1, 0.15) is 0 Å². The molecule has 39 heavy (non-hydrogen) atoms. The van der Waals surface area contributed by atoms with E-state index in [2.05, 4.69) is 23.8 Å². The Morgan fingerprint density at radius 2 is 0.846 bits per heavy atom. The van der Waals surface area contributed by atoms with E-state index in [1.54, 1.807) is 12.2 Å². The second-order valence-electron chi connectivity index (χ2n) is 7.79. The fraction of sp³-hybridized carbons (Fsp3) is 0.118. The Hall–Kier alpha value is -3.46. The number of hydrogen-bond donors (Lipinski definition) is 0. The van der Waals surface area contributed by atoms with Crippen LogP contribution in [0.2, 0.25) is 0 Å². The van der Waals surface area contributed by atoms with Crippen LogP contribution in [0.15, 0.2) is 133 Å². The van der Waals surface area contributed by atoms with E-state index in [1.807, 2.05) is 135 Å². The fourth-order valence-electron chi connectivity index (χ4n) is 3.22. The van der Waals surface area contributed by atoms with Crippen LogP contribution in [0.5, 0.6) is 0 Å². The van der Waals surface area contributed by atoms with E-state index in [4.69, 9.17) is 9.47 Å². The maximum atomic E-state index is 5.14. The molecular weight excluding hydrogens is 575 g/mol. The first-order chi connectivity index (χ1) is 18.8. The van der Waals surface area contributed by atoms with Gasteiger partial charge in [-0.05, 0) is 25.0 Å². The normalized spacial score (nSPS) is 11.0. The first-order valence-corrected chi connectivity index (χ1v) is 12.6. The van der Waals surface area contributed by atoms with Gasteiger partial charge in [0, 0.05) is 13.2 Å². The minimum Gasteiger partial charge on any atom is -0.658 e. The minimum atomic E-state index is 0. The number of para-hydroxylation sites is 2. The summed E-state index contributed by atoms with van der Waals surface area (Å²) in [6, 6.07) is 39.7. The summed E-state index contributed by atoms with van der Waals surface area (Å²) >= 11 is 0. The standard InChI is InChI=1S/2C17H16NO.Pd/c2*1-2-19-14-13-17(15-9-5-3-6-10-15)18-16-11-7-4-8-12-16;/h2*3-13H,2H2,1H3;/q2*-1;+2/b2*17-13-;. The molecule has 0 atom stereocenters. The molecule has 0 aliphatic rings. The van der Waals surface area contributed by atoms with Gasteiger partial charge in [-0.1, -0.05) is 133 Å². The van der Waals surface area contributed by atoms with Crippen molar-refractivity contribution in [2.24, 2.45) is 0 Å². The third-order valence-corrected chi connectivity index (χ3v) is 5.00. The number of rotatable bonds is 12. The van der Waals surface area contributed by atoms with Crippen LogP contribution >= 0.6 is 0 Å². The second-order valence-corrected chi connectivity index (χ2v) is 7.79. The Morgan fingerprint density at radius 3 is 1.15 bits per heavy atom. The molecule has 200 valence electrons. The van der Waals surface area contributed by atoms with Gasteiger partial charge in [0.25, 0.3) is 0 Å². The third-order valence-electron chi connectivity index (χ3n) is 5.00. The molecule has 4 rings (SSSR count). The molecular formula is C34H32N2O2Pd. The Labute approximate surface area is 247 Å². The molecule has 0 aliphatic carbocycles. The van der Waals surface area contributed by atoms with Gasteiger partial charge in [-0.2, -0.15) is 0 Å². The van der Waals surface area contributed by atoms with E-state index < -0.39 is 0 Å². The zero-order valence-electron chi connectivity index (χ0n) is 22.1. The van der Waals surface area contributed by atoms with Gasteiger partial charge < -0.3 is 20.1 Å². The van der Waals surface area contributed by atoms with Crippen LogP contribution in [0.3, 0.4) is 0 Å². The molecule has 4 radical (unpaired) electrons. The van der Waals surface area contributed by atoms with Crippen LogP contribution in [0.1, 0.15) is 25.0 Å². The summed E-state index contributed by atoms with van der Waals surface area (Å²) in [5.74, 6) is 0. The number of nitrogens with zero attached hydrogens (tertiary/aromatic N) is 2. The molecule has 0 saturated carbocycles. The molecule has 5 heteroatoms. The van der Waals surface area contributed by atoms with Gasteiger partial charge in [0.15, 0.2) is 13.2 Å². The largest absolute Gasteiger partial charge is 2.00 e. The molecule has 0 heterocycles. The molecule has 0 amide bonds. The predicted molar refractivity (Wildman–Crippen MR) is 157 cm³/mol. The Morgan fingerprint density at radius 1 is 0.538 bits per heavy atom. The molecule has 0 bridgehead atoms. The van der Waals surface area contributed by atoms with Crippen molar-refractivity contribution >= 4 is 22.8 Å². The number of ether oxygens (including phenoxy) is 2. The monoisotopic (exact) mass is 606 g/mol. The van der Waals surface area contributed by atoms with E-state index in [0.717, 1.165) is 33.9 Å². The molecule has 0 fully saturated rings. The van der Waals surface area contributed by atoms with Crippen molar-refractivity contribution in [1.82, 2.24) is 0 Å². The van der Waals surface area contributed by atoms with Gasteiger partial charge in [-0.25, -0.2) is 0 Å². The molecule has 0 saturated heterocycles. The summed E-state index contributed by atoms with van der Waals surface area (Å²) in [7, 11) is 0. The van der Waals surface area contributed by atoms with Crippen molar-refractivity contribution in [2.45, 2.75) is 13.8 Å². The summed E-state index contributed by atoms with van der Waals surface area (Å²) in [4.78, 5) is 0. The average molecular weight is 607 g/mol. The van der Waals surface area contributed by atoms with Crippen LogP contribution in [0.25, 0.3) is 22.0 Å². The Kier molecular flexibility index (Phi) is 16.0. The first-order valence-electron chi connectivity index (χ1n) is 12.6. The SMILES string of the molecule is CCO[C]/C=C(\[N-]c1ccccc1)c1ccccc1.CCO[C]/C=C(\[N-]c1ccccc1)c1ccccc1.[Pd+2]. The molecule has 0 unspecified atom stereocenters. The summed E-state index contributed by atoms with van der Waals surface area (Å²) in [5.41, 5.74) is 5.57. The average Bonchev–Trinajstić information content (AvgIpc) is 2.99. The van der Waals surface area contributed by atoms with Gasteiger partial charge in [-0.3, -0.25) is 0 Å². The van der Waals surface area contributed by atoms with Crippen LogP contribution in [0.4, 0.5) is 11.4 Å². The van der Waals surface area contributed by atoms with Gasteiger partial charge in [-0.15, -0.1) is 22.8 Å². The predicted octanol–water partition coefficient (Wildman–Crippen LogP) is 9.61. The van der Waals surface area contributed by atoms with Gasteiger partial charge >= 0.3 is 20.4 Å². The van der Waals surface area contributed by atoms with Crippen molar-refractivity contribution in [3.63, 3.8) is 0 Å². The van der Waals surface area contributed by atoms with Crippen LogP contribution in [0, 0.1) is 13.2 Å². The molecule has 0 N–H and O–H groups in total. The van der Waals surface area contributed by atoms with Crippen LogP contribution in [-0.2, 0) is 29.9 Å². The summed E-state index contributed by atoms with van der Waals surface area (Å²) in [5, 5.41) is 9.24. The van der Waals surface area contributed by atoms with Crippen molar-refractivity contribution in [2.75, 3.05) is 13.2 Å². The van der Waals surface area contributed by atoms with E-state index in [-0.39, 0.29) is 20.4 Å². The van der Waals surface area contributed by atoms with Gasteiger partial charge in [0.2, 0.25) is 0 Å². The third kappa shape index (κ3) is 12.3. The van der Waals surface area contributed by atoms with Crippen molar-refractivity contribution in [1.29, 1.82) is 0 Å². The fourth-order valence-corrected chi connectivity index (χ4v) is 3.22. The van der Waals surface area contributed by atoms with Gasteiger partial charge in [0.05, 0.1) is 0 Å². The smallest absolute Gasteiger partial charge is 0.658 e. The maximum Gasteiger partial charge on any atom is 2.00 e. The summed E-state index contributed by atoms with van der Waals surface area (Å²) in [6.45, 7) is 10.7. The van der Waals surface area contributed by atoms with Crippen molar-refractivity contribution < 1.29 is 29.9 Å².